The third kappa shape index (κ3) is 4.03. The number of rotatable bonds is 6. The molecule has 0 heterocycles. The second-order valence-electron chi connectivity index (χ2n) is 3.62. The highest BCUT2D eigenvalue weighted by molar-refractivity contribution is 5.89. The van der Waals surface area contributed by atoms with Gasteiger partial charge in [-0.25, -0.2) is 4.79 Å². The van der Waals surface area contributed by atoms with Crippen LogP contribution in [0.3, 0.4) is 0 Å². The Kier molecular flexibility index (Phi) is 5.57. The number of hydrogen-bond acceptors (Lipinski definition) is 3. The molecular weight excluding hydrogens is 204 g/mol. The van der Waals surface area contributed by atoms with Crippen molar-refractivity contribution in [1.82, 2.24) is 0 Å². The Balaban J connectivity index is 2.49. The van der Waals surface area contributed by atoms with Crippen LogP contribution in [0.15, 0.2) is 24.3 Å². The number of esters is 1. The Morgan fingerprint density at radius 2 is 1.94 bits per heavy atom. The molecule has 0 aliphatic rings. The van der Waals surface area contributed by atoms with E-state index < -0.39 is 0 Å². The predicted octanol–water partition coefficient (Wildman–Crippen LogP) is 2.79. The van der Waals surface area contributed by atoms with Gasteiger partial charge in [0.15, 0.2) is 0 Å². The lowest BCUT2D eigenvalue weighted by Gasteiger charge is -2.04. The molecule has 0 spiro atoms. The summed E-state index contributed by atoms with van der Waals surface area (Å²) >= 11 is 0. The monoisotopic (exact) mass is 222 g/mol. The van der Waals surface area contributed by atoms with Crippen molar-refractivity contribution in [2.24, 2.45) is 0 Å². The van der Waals surface area contributed by atoms with Crippen LogP contribution in [0.4, 0.5) is 0 Å². The zero-order valence-corrected chi connectivity index (χ0v) is 9.86. The normalized spacial score (nSPS) is 10.1. The quantitative estimate of drug-likeness (QED) is 0.548. The van der Waals surface area contributed by atoms with Crippen molar-refractivity contribution < 1.29 is 14.3 Å². The fraction of sp³-hybridized carbons (Fsp3) is 0.462. The van der Waals surface area contributed by atoms with Crippen LogP contribution < -0.4 is 0 Å². The van der Waals surface area contributed by atoms with Gasteiger partial charge in [0.05, 0.1) is 18.8 Å². The second kappa shape index (κ2) is 7.01. The van der Waals surface area contributed by atoms with E-state index in [1.165, 1.54) is 0 Å². The summed E-state index contributed by atoms with van der Waals surface area (Å²) in [4.78, 5) is 11.5. The second-order valence-corrected chi connectivity index (χ2v) is 3.62. The van der Waals surface area contributed by atoms with E-state index in [4.69, 9.17) is 9.47 Å². The molecule has 0 radical (unpaired) electrons. The first-order valence-electron chi connectivity index (χ1n) is 5.53. The topological polar surface area (TPSA) is 35.5 Å². The number of carbonyl (C=O) groups excluding carboxylic acids is 1. The van der Waals surface area contributed by atoms with Gasteiger partial charge in [-0.05, 0) is 24.1 Å². The summed E-state index contributed by atoms with van der Waals surface area (Å²) in [5.74, 6) is -0.252. The Morgan fingerprint density at radius 3 is 2.50 bits per heavy atom. The van der Waals surface area contributed by atoms with E-state index in [1.54, 1.807) is 19.2 Å². The molecule has 0 unspecified atom stereocenters. The number of benzene rings is 1. The van der Waals surface area contributed by atoms with Crippen LogP contribution in [-0.4, -0.2) is 19.7 Å². The largest absolute Gasteiger partial charge is 0.462 e. The van der Waals surface area contributed by atoms with Crippen LogP contribution in [0.5, 0.6) is 0 Å². The van der Waals surface area contributed by atoms with Gasteiger partial charge in [-0.15, -0.1) is 0 Å². The average molecular weight is 222 g/mol. The molecule has 1 aromatic carbocycles. The molecule has 0 bridgehead atoms. The van der Waals surface area contributed by atoms with E-state index in [0.717, 1.165) is 18.4 Å². The van der Waals surface area contributed by atoms with Gasteiger partial charge in [0.1, 0.15) is 0 Å². The maximum absolute atomic E-state index is 11.5. The van der Waals surface area contributed by atoms with Crippen LogP contribution >= 0.6 is 0 Å². The lowest BCUT2D eigenvalue weighted by atomic mass is 10.1. The van der Waals surface area contributed by atoms with E-state index in [1.807, 2.05) is 12.1 Å². The van der Waals surface area contributed by atoms with Gasteiger partial charge in [-0.3, -0.25) is 0 Å². The Hall–Kier alpha value is -1.35. The van der Waals surface area contributed by atoms with Crippen LogP contribution in [0.1, 0.15) is 35.7 Å². The van der Waals surface area contributed by atoms with Crippen molar-refractivity contribution in [3.05, 3.63) is 35.4 Å². The zero-order valence-electron chi connectivity index (χ0n) is 9.86. The summed E-state index contributed by atoms with van der Waals surface area (Å²) in [6, 6.07) is 7.28. The molecule has 0 amide bonds. The minimum atomic E-state index is -0.252. The number of unbranched alkanes of at least 4 members (excludes halogenated alkanes) is 1. The summed E-state index contributed by atoms with van der Waals surface area (Å²) in [5, 5.41) is 0. The number of methoxy groups -OCH3 is 1. The number of ether oxygens (including phenoxy) is 2. The van der Waals surface area contributed by atoms with Gasteiger partial charge in [0.2, 0.25) is 0 Å². The predicted molar refractivity (Wildman–Crippen MR) is 62.3 cm³/mol. The first-order valence-corrected chi connectivity index (χ1v) is 5.53. The zero-order chi connectivity index (χ0) is 11.8. The minimum Gasteiger partial charge on any atom is -0.462 e. The van der Waals surface area contributed by atoms with Crippen molar-refractivity contribution in [2.45, 2.75) is 26.4 Å². The fourth-order valence-corrected chi connectivity index (χ4v) is 1.30. The maximum Gasteiger partial charge on any atom is 0.338 e. The molecule has 0 N–H and O–H groups in total. The van der Waals surface area contributed by atoms with Gasteiger partial charge < -0.3 is 9.47 Å². The van der Waals surface area contributed by atoms with Crippen LogP contribution in [0.2, 0.25) is 0 Å². The van der Waals surface area contributed by atoms with Crippen molar-refractivity contribution in [3.63, 3.8) is 0 Å². The highest BCUT2D eigenvalue weighted by Crippen LogP contribution is 2.07. The molecule has 0 aliphatic carbocycles. The Labute approximate surface area is 96.4 Å². The summed E-state index contributed by atoms with van der Waals surface area (Å²) < 4.78 is 10.1. The molecule has 1 aromatic rings. The lowest BCUT2D eigenvalue weighted by Crippen LogP contribution is -2.06. The summed E-state index contributed by atoms with van der Waals surface area (Å²) in [6.45, 7) is 3.12. The van der Waals surface area contributed by atoms with Gasteiger partial charge in [0, 0.05) is 7.11 Å². The first kappa shape index (κ1) is 12.7. The molecule has 0 atom stereocenters. The van der Waals surface area contributed by atoms with Crippen LogP contribution in [0, 0.1) is 0 Å². The molecule has 16 heavy (non-hydrogen) atoms. The van der Waals surface area contributed by atoms with Gasteiger partial charge >= 0.3 is 5.97 Å². The van der Waals surface area contributed by atoms with Gasteiger partial charge in [-0.2, -0.15) is 0 Å². The van der Waals surface area contributed by atoms with Crippen molar-refractivity contribution in [3.8, 4) is 0 Å². The molecule has 0 aromatic heterocycles. The summed E-state index contributed by atoms with van der Waals surface area (Å²) in [5.41, 5.74) is 1.64. The maximum atomic E-state index is 11.5. The van der Waals surface area contributed by atoms with E-state index >= 15 is 0 Å². The van der Waals surface area contributed by atoms with Gasteiger partial charge in [0.25, 0.3) is 0 Å². The molecule has 3 nitrogen and oxygen atoms in total. The van der Waals surface area contributed by atoms with E-state index in [-0.39, 0.29) is 5.97 Å². The standard InChI is InChI=1S/C13H18O3/c1-3-4-9-16-13(14)12-7-5-11(6-8-12)10-15-2/h5-8H,3-4,9-10H2,1-2H3. The van der Waals surface area contributed by atoms with Crippen molar-refractivity contribution in [1.29, 1.82) is 0 Å². The van der Waals surface area contributed by atoms with Crippen LogP contribution in [0.25, 0.3) is 0 Å². The SMILES string of the molecule is CCCCOC(=O)c1ccc(COC)cc1. The Bertz CT molecular complexity index is 316. The number of hydrogen-bond donors (Lipinski definition) is 0. The fourth-order valence-electron chi connectivity index (χ4n) is 1.30. The molecule has 0 saturated heterocycles. The molecule has 88 valence electrons. The molecular formula is C13H18O3. The summed E-state index contributed by atoms with van der Waals surface area (Å²) in [6.07, 6.45) is 1.94. The average Bonchev–Trinajstić information content (AvgIpc) is 2.30. The Morgan fingerprint density at radius 1 is 1.25 bits per heavy atom. The molecule has 0 fully saturated rings. The van der Waals surface area contributed by atoms with Crippen LogP contribution in [-0.2, 0) is 16.1 Å². The minimum absolute atomic E-state index is 0.252. The first-order chi connectivity index (χ1) is 7.77. The summed E-state index contributed by atoms with van der Waals surface area (Å²) in [7, 11) is 1.65. The van der Waals surface area contributed by atoms with Gasteiger partial charge in [-0.1, -0.05) is 25.5 Å². The lowest BCUT2D eigenvalue weighted by molar-refractivity contribution is 0.0499. The molecule has 3 heteroatoms. The van der Waals surface area contributed by atoms with E-state index in [2.05, 4.69) is 6.92 Å². The van der Waals surface area contributed by atoms with Crippen molar-refractivity contribution >= 4 is 5.97 Å². The smallest absolute Gasteiger partial charge is 0.338 e. The molecule has 0 aliphatic heterocycles. The molecule has 0 saturated carbocycles. The third-order valence-electron chi connectivity index (χ3n) is 2.23. The van der Waals surface area contributed by atoms with Crippen molar-refractivity contribution in [2.75, 3.05) is 13.7 Å². The van der Waals surface area contributed by atoms with E-state index in [9.17, 15) is 4.79 Å². The highest BCUT2D eigenvalue weighted by atomic mass is 16.5. The molecule has 1 rings (SSSR count). The van der Waals surface area contributed by atoms with E-state index in [0.29, 0.717) is 18.8 Å². The third-order valence-corrected chi connectivity index (χ3v) is 2.23. The highest BCUT2D eigenvalue weighted by Gasteiger charge is 2.05. The number of carbonyl (C=O) groups is 1.